The number of unbranched alkanes of at least 4 members (excludes halogenated alkanes) is 5. The van der Waals surface area contributed by atoms with Crippen molar-refractivity contribution in [1.29, 1.82) is 0 Å². The number of benzene rings is 1. The third kappa shape index (κ3) is 9.10. The van der Waals surface area contributed by atoms with Gasteiger partial charge < -0.3 is 21.5 Å². The van der Waals surface area contributed by atoms with Crippen LogP contribution in [-0.2, 0) is 0 Å². The van der Waals surface area contributed by atoms with Crippen LogP contribution < -0.4 is 17.0 Å². The second kappa shape index (κ2) is 11.0. The van der Waals surface area contributed by atoms with E-state index < -0.39 is 0 Å². The molecular formula is C19H32BrN. The molecule has 2 heteroatoms. The summed E-state index contributed by atoms with van der Waals surface area (Å²) in [7, 11) is 4.64. The first-order valence-electron chi connectivity index (χ1n) is 8.10. The summed E-state index contributed by atoms with van der Waals surface area (Å²) >= 11 is 0. The molecule has 0 saturated heterocycles. The number of hydrogen-bond donors (Lipinski definition) is 0. The van der Waals surface area contributed by atoms with Crippen molar-refractivity contribution >= 4 is 5.57 Å². The summed E-state index contributed by atoms with van der Waals surface area (Å²) in [6, 6.07) is 10.6. The van der Waals surface area contributed by atoms with Crippen molar-refractivity contribution in [2.24, 2.45) is 0 Å². The lowest BCUT2D eigenvalue weighted by molar-refractivity contribution is -0.883. The molecule has 0 aliphatic carbocycles. The maximum Gasteiger partial charge on any atom is 0.104 e. The van der Waals surface area contributed by atoms with E-state index in [-0.39, 0.29) is 17.0 Å². The minimum Gasteiger partial charge on any atom is -1.00 e. The molecule has 1 rings (SSSR count). The van der Waals surface area contributed by atoms with Crippen LogP contribution in [0.4, 0.5) is 0 Å². The van der Waals surface area contributed by atoms with E-state index in [9.17, 15) is 0 Å². The molecule has 1 aromatic rings. The largest absolute Gasteiger partial charge is 1.00 e. The first-order chi connectivity index (χ1) is 9.55. The highest BCUT2D eigenvalue weighted by Crippen LogP contribution is 2.17. The Morgan fingerprint density at radius 3 is 2.14 bits per heavy atom. The van der Waals surface area contributed by atoms with Gasteiger partial charge in [0.05, 0.1) is 20.6 Å². The average molecular weight is 354 g/mol. The van der Waals surface area contributed by atoms with Crippen molar-refractivity contribution in [2.75, 3.05) is 27.2 Å². The van der Waals surface area contributed by atoms with Gasteiger partial charge in [0.25, 0.3) is 0 Å². The van der Waals surface area contributed by atoms with Gasteiger partial charge in [-0.25, -0.2) is 0 Å². The first-order valence-corrected chi connectivity index (χ1v) is 8.10. The minimum atomic E-state index is 0. The van der Waals surface area contributed by atoms with Crippen molar-refractivity contribution in [3.8, 4) is 0 Å². The number of likely N-dealkylation sites (N-methyl/N-ethyl adjacent to an activating group) is 1. The molecule has 0 atom stereocenters. The van der Waals surface area contributed by atoms with Crippen LogP contribution >= 0.6 is 0 Å². The molecule has 120 valence electrons. The molecule has 0 radical (unpaired) electrons. The molecule has 0 saturated carbocycles. The van der Waals surface area contributed by atoms with Crippen LogP contribution in [0.5, 0.6) is 0 Å². The van der Waals surface area contributed by atoms with E-state index in [1.165, 1.54) is 56.2 Å². The van der Waals surface area contributed by atoms with Crippen LogP contribution in [0, 0.1) is 0 Å². The summed E-state index contributed by atoms with van der Waals surface area (Å²) < 4.78 is 1.04. The SMILES string of the molecule is C=C(C[N+](C)(C)CCCCCCCC)c1ccccc1.[Br-]. The van der Waals surface area contributed by atoms with Gasteiger partial charge in [-0.15, -0.1) is 0 Å². The standard InChI is InChI=1S/C19H32N.BrH/c1-5-6-7-8-9-13-16-20(3,4)17-18(2)19-14-11-10-12-15-19;/h10-12,14-15H,2,5-9,13,16-17H2,1,3-4H3;1H/q+1;/p-1. The van der Waals surface area contributed by atoms with Gasteiger partial charge >= 0.3 is 0 Å². The summed E-state index contributed by atoms with van der Waals surface area (Å²) in [6.07, 6.45) is 8.23. The Morgan fingerprint density at radius 1 is 0.952 bits per heavy atom. The highest BCUT2D eigenvalue weighted by atomic mass is 79.9. The van der Waals surface area contributed by atoms with Gasteiger partial charge in [0, 0.05) is 5.57 Å². The smallest absolute Gasteiger partial charge is 0.104 e. The highest BCUT2D eigenvalue weighted by Gasteiger charge is 2.16. The fourth-order valence-electron chi connectivity index (χ4n) is 2.68. The van der Waals surface area contributed by atoms with Crippen molar-refractivity contribution in [3.05, 3.63) is 42.5 Å². The second-order valence-corrected chi connectivity index (χ2v) is 6.55. The molecule has 0 heterocycles. The topological polar surface area (TPSA) is 0 Å². The average Bonchev–Trinajstić information content (AvgIpc) is 2.43. The number of nitrogens with zero attached hydrogens (tertiary/aromatic N) is 1. The van der Waals surface area contributed by atoms with Crippen molar-refractivity contribution in [3.63, 3.8) is 0 Å². The summed E-state index contributed by atoms with van der Waals surface area (Å²) in [6.45, 7) is 8.82. The van der Waals surface area contributed by atoms with Gasteiger partial charge in [-0.3, -0.25) is 0 Å². The fraction of sp³-hybridized carbons (Fsp3) is 0.579. The molecular weight excluding hydrogens is 322 g/mol. The zero-order valence-electron chi connectivity index (χ0n) is 14.1. The van der Waals surface area contributed by atoms with Crippen LogP contribution in [0.25, 0.3) is 5.57 Å². The Labute approximate surface area is 142 Å². The highest BCUT2D eigenvalue weighted by molar-refractivity contribution is 5.63. The zero-order chi connectivity index (χ0) is 14.8. The number of rotatable bonds is 10. The van der Waals surface area contributed by atoms with E-state index >= 15 is 0 Å². The van der Waals surface area contributed by atoms with Gasteiger partial charge in [0.15, 0.2) is 0 Å². The quantitative estimate of drug-likeness (QED) is 0.446. The van der Waals surface area contributed by atoms with Gasteiger partial charge in [-0.1, -0.05) is 69.5 Å². The minimum absolute atomic E-state index is 0. The molecule has 1 aromatic carbocycles. The Morgan fingerprint density at radius 2 is 1.52 bits per heavy atom. The van der Waals surface area contributed by atoms with Crippen LogP contribution in [0.1, 0.15) is 51.0 Å². The van der Waals surface area contributed by atoms with E-state index in [4.69, 9.17) is 0 Å². The van der Waals surface area contributed by atoms with Crippen molar-refractivity contribution in [1.82, 2.24) is 0 Å². The predicted octanol–water partition coefficient (Wildman–Crippen LogP) is 2.14. The summed E-state index contributed by atoms with van der Waals surface area (Å²) in [5.41, 5.74) is 2.53. The summed E-state index contributed by atoms with van der Waals surface area (Å²) in [5, 5.41) is 0. The second-order valence-electron chi connectivity index (χ2n) is 6.55. The molecule has 0 bridgehead atoms. The van der Waals surface area contributed by atoms with E-state index in [0.29, 0.717) is 0 Å². The van der Waals surface area contributed by atoms with Crippen molar-refractivity contribution in [2.45, 2.75) is 45.4 Å². The van der Waals surface area contributed by atoms with Crippen LogP contribution in [0.15, 0.2) is 36.9 Å². The Hall–Kier alpha value is -0.600. The number of hydrogen-bond acceptors (Lipinski definition) is 0. The van der Waals surface area contributed by atoms with Gasteiger partial charge in [-0.05, 0) is 18.4 Å². The molecule has 0 N–H and O–H groups in total. The van der Waals surface area contributed by atoms with E-state index in [0.717, 1.165) is 11.0 Å². The van der Waals surface area contributed by atoms with Gasteiger partial charge in [0.1, 0.15) is 6.54 Å². The monoisotopic (exact) mass is 353 g/mol. The molecule has 21 heavy (non-hydrogen) atoms. The molecule has 0 spiro atoms. The number of halogens is 1. The van der Waals surface area contributed by atoms with Crippen LogP contribution in [-0.4, -0.2) is 31.7 Å². The predicted molar refractivity (Wildman–Crippen MR) is 90.7 cm³/mol. The normalized spacial score (nSPS) is 11.0. The maximum absolute atomic E-state index is 4.26. The molecule has 0 aromatic heterocycles. The van der Waals surface area contributed by atoms with Crippen LogP contribution in [0.3, 0.4) is 0 Å². The fourth-order valence-corrected chi connectivity index (χ4v) is 2.68. The lowest BCUT2D eigenvalue weighted by Gasteiger charge is -2.30. The van der Waals surface area contributed by atoms with E-state index in [2.05, 4.69) is 57.9 Å². The third-order valence-electron chi connectivity index (χ3n) is 3.92. The van der Waals surface area contributed by atoms with E-state index in [1.807, 2.05) is 0 Å². The van der Waals surface area contributed by atoms with E-state index in [1.54, 1.807) is 0 Å². The maximum atomic E-state index is 4.26. The Balaban J connectivity index is 0.00000400. The first kappa shape index (κ1) is 20.4. The Kier molecular flexibility index (Phi) is 10.7. The molecule has 1 nitrogen and oxygen atoms in total. The van der Waals surface area contributed by atoms with Crippen LogP contribution in [0.2, 0.25) is 0 Å². The summed E-state index contributed by atoms with van der Waals surface area (Å²) in [5.74, 6) is 0. The summed E-state index contributed by atoms with van der Waals surface area (Å²) in [4.78, 5) is 0. The molecule has 0 unspecified atom stereocenters. The number of quaternary nitrogens is 1. The zero-order valence-corrected chi connectivity index (χ0v) is 15.7. The van der Waals surface area contributed by atoms with Gasteiger partial charge in [0.2, 0.25) is 0 Å². The molecule has 0 amide bonds. The van der Waals surface area contributed by atoms with Gasteiger partial charge in [-0.2, -0.15) is 0 Å². The Bertz CT molecular complexity index is 384. The molecule has 0 fully saturated rings. The molecule has 0 aliphatic rings. The lowest BCUT2D eigenvalue weighted by Crippen LogP contribution is -3.00. The third-order valence-corrected chi connectivity index (χ3v) is 3.92. The molecule has 0 aliphatic heterocycles. The lowest BCUT2D eigenvalue weighted by atomic mass is 10.1. The van der Waals surface area contributed by atoms with Crippen molar-refractivity contribution < 1.29 is 21.5 Å².